The van der Waals surface area contributed by atoms with Crippen LogP contribution in [0.5, 0.6) is 0 Å². The second kappa shape index (κ2) is 9.44. The topological polar surface area (TPSA) is 58.4 Å². The van der Waals surface area contributed by atoms with Crippen LogP contribution in [-0.2, 0) is 11.3 Å². The van der Waals surface area contributed by atoms with Crippen LogP contribution in [0.4, 0.5) is 4.39 Å². The molecule has 1 aliphatic heterocycles. The molecule has 0 unspecified atom stereocenters. The Bertz CT molecular complexity index is 1230. The van der Waals surface area contributed by atoms with Crippen LogP contribution in [0.1, 0.15) is 24.4 Å². The molecule has 1 saturated carbocycles. The molecule has 33 heavy (non-hydrogen) atoms. The molecule has 1 aliphatic carbocycles. The first-order valence-corrected chi connectivity index (χ1v) is 12.4. The van der Waals surface area contributed by atoms with Crippen molar-refractivity contribution in [2.24, 2.45) is 0 Å². The number of halogens is 2. The van der Waals surface area contributed by atoms with Gasteiger partial charge in [0.1, 0.15) is 5.82 Å². The summed E-state index contributed by atoms with van der Waals surface area (Å²) in [6, 6.07) is 12.2. The predicted octanol–water partition coefficient (Wildman–Crippen LogP) is 3.96. The molecule has 2 fully saturated rings. The summed E-state index contributed by atoms with van der Waals surface area (Å²) in [5, 5.41) is 1.66. The molecule has 6 nitrogen and oxygen atoms in total. The summed E-state index contributed by atoms with van der Waals surface area (Å²) >= 11 is 7.48. The van der Waals surface area contributed by atoms with E-state index in [9.17, 15) is 14.0 Å². The number of carbonyl (C=O) groups is 1. The van der Waals surface area contributed by atoms with E-state index in [1.54, 1.807) is 22.8 Å². The van der Waals surface area contributed by atoms with Crippen molar-refractivity contribution in [3.8, 4) is 0 Å². The van der Waals surface area contributed by atoms with Gasteiger partial charge in [0.25, 0.3) is 5.56 Å². The number of amides is 1. The number of piperazine rings is 1. The molecular weight excluding hydrogens is 463 g/mol. The van der Waals surface area contributed by atoms with Gasteiger partial charge in [-0.2, -0.15) is 0 Å². The molecule has 3 aromatic rings. The zero-order chi connectivity index (χ0) is 22.9. The van der Waals surface area contributed by atoms with Crippen molar-refractivity contribution in [2.75, 3.05) is 31.9 Å². The number of nitrogens with zero attached hydrogens (tertiary/aromatic N) is 4. The summed E-state index contributed by atoms with van der Waals surface area (Å²) in [6.45, 7) is 2.89. The van der Waals surface area contributed by atoms with E-state index in [1.165, 1.54) is 17.8 Å². The van der Waals surface area contributed by atoms with Crippen LogP contribution in [0.15, 0.2) is 52.4 Å². The van der Waals surface area contributed by atoms with Gasteiger partial charge in [-0.15, -0.1) is 0 Å². The molecule has 1 amide bonds. The third-order valence-electron chi connectivity index (χ3n) is 6.18. The Hall–Kier alpha value is -2.42. The van der Waals surface area contributed by atoms with E-state index < -0.39 is 0 Å². The third-order valence-corrected chi connectivity index (χ3v) is 7.47. The highest BCUT2D eigenvalue weighted by atomic mass is 35.5. The standard InChI is InChI=1S/C24H24ClFN4O2S/c25-19-5-3-6-20(26)18(19)14-28-10-12-29(13-11-28)22(31)15-33-24-27-21-7-2-1-4-17(21)23(32)30(24)16-8-9-16/h1-7,16H,8-15H2. The van der Waals surface area contributed by atoms with Gasteiger partial charge < -0.3 is 4.90 Å². The molecule has 2 aromatic carbocycles. The van der Waals surface area contributed by atoms with Crippen molar-refractivity contribution in [1.29, 1.82) is 0 Å². The normalized spacial score (nSPS) is 17.0. The average molecular weight is 487 g/mol. The number of carbonyl (C=O) groups excluding carboxylic acids is 1. The lowest BCUT2D eigenvalue weighted by Crippen LogP contribution is -2.49. The smallest absolute Gasteiger partial charge is 0.262 e. The van der Waals surface area contributed by atoms with Gasteiger partial charge in [0.05, 0.1) is 16.7 Å². The SMILES string of the molecule is O=C(CSc1nc2ccccc2c(=O)n1C1CC1)N1CCN(Cc2c(F)cccc2Cl)CC1. The number of thioether (sulfide) groups is 1. The van der Waals surface area contributed by atoms with Gasteiger partial charge in [0, 0.05) is 49.4 Å². The van der Waals surface area contributed by atoms with Crippen LogP contribution in [0.2, 0.25) is 5.02 Å². The Kier molecular flexibility index (Phi) is 6.40. The van der Waals surface area contributed by atoms with Crippen LogP contribution >= 0.6 is 23.4 Å². The van der Waals surface area contributed by atoms with Gasteiger partial charge in [-0.25, -0.2) is 9.37 Å². The Morgan fingerprint density at radius 1 is 1.09 bits per heavy atom. The quantitative estimate of drug-likeness (QED) is 0.390. The summed E-state index contributed by atoms with van der Waals surface area (Å²) in [6.07, 6.45) is 1.94. The highest BCUT2D eigenvalue weighted by Gasteiger charge is 2.29. The lowest BCUT2D eigenvalue weighted by atomic mass is 10.2. The molecule has 2 heterocycles. The molecule has 2 aliphatic rings. The van der Waals surface area contributed by atoms with Crippen molar-refractivity contribution < 1.29 is 9.18 Å². The van der Waals surface area contributed by atoms with Crippen molar-refractivity contribution in [3.05, 3.63) is 69.2 Å². The van der Waals surface area contributed by atoms with Gasteiger partial charge in [-0.1, -0.05) is 41.6 Å². The minimum absolute atomic E-state index is 0.0216. The average Bonchev–Trinajstić information content (AvgIpc) is 3.65. The molecule has 9 heteroatoms. The number of fused-ring (bicyclic) bond motifs is 1. The van der Waals surface area contributed by atoms with Gasteiger partial charge >= 0.3 is 0 Å². The lowest BCUT2D eigenvalue weighted by molar-refractivity contribution is -0.130. The fourth-order valence-electron chi connectivity index (χ4n) is 4.16. The molecule has 172 valence electrons. The monoisotopic (exact) mass is 486 g/mol. The maximum absolute atomic E-state index is 14.1. The maximum Gasteiger partial charge on any atom is 0.262 e. The van der Waals surface area contributed by atoms with E-state index >= 15 is 0 Å². The van der Waals surface area contributed by atoms with E-state index in [4.69, 9.17) is 11.6 Å². The Labute approximate surface area is 200 Å². The second-order valence-corrected chi connectivity index (χ2v) is 9.81. The van der Waals surface area contributed by atoms with Crippen LogP contribution in [-0.4, -0.2) is 57.2 Å². The van der Waals surface area contributed by atoms with Crippen molar-refractivity contribution in [1.82, 2.24) is 19.4 Å². The highest BCUT2D eigenvalue weighted by molar-refractivity contribution is 7.99. The van der Waals surface area contributed by atoms with E-state index in [1.807, 2.05) is 23.1 Å². The van der Waals surface area contributed by atoms with Crippen LogP contribution in [0.25, 0.3) is 10.9 Å². The Balaban J connectivity index is 1.22. The van der Waals surface area contributed by atoms with Gasteiger partial charge in [-0.3, -0.25) is 19.1 Å². The number of rotatable bonds is 6. The molecule has 0 N–H and O–H groups in total. The molecule has 0 atom stereocenters. The molecule has 0 bridgehead atoms. The second-order valence-electron chi connectivity index (χ2n) is 8.46. The van der Waals surface area contributed by atoms with Crippen LogP contribution < -0.4 is 5.56 Å². The number of hydrogen-bond donors (Lipinski definition) is 0. The van der Waals surface area contributed by atoms with E-state index in [0.717, 1.165) is 12.8 Å². The lowest BCUT2D eigenvalue weighted by Gasteiger charge is -2.35. The Morgan fingerprint density at radius 2 is 1.85 bits per heavy atom. The van der Waals surface area contributed by atoms with Gasteiger partial charge in [0.2, 0.25) is 5.91 Å². The fourth-order valence-corrected chi connectivity index (χ4v) is 5.35. The van der Waals surface area contributed by atoms with Crippen LogP contribution in [0.3, 0.4) is 0 Å². The molecule has 0 radical (unpaired) electrons. The molecule has 1 saturated heterocycles. The van der Waals surface area contributed by atoms with E-state index in [-0.39, 0.29) is 29.1 Å². The van der Waals surface area contributed by atoms with Gasteiger partial charge in [-0.05, 0) is 37.1 Å². The first kappa shape index (κ1) is 22.4. The molecule has 5 rings (SSSR count). The minimum Gasteiger partial charge on any atom is -0.339 e. The first-order chi connectivity index (χ1) is 16.0. The minimum atomic E-state index is -0.304. The summed E-state index contributed by atoms with van der Waals surface area (Å²) in [4.78, 5) is 34.5. The number of aromatic nitrogens is 2. The zero-order valence-electron chi connectivity index (χ0n) is 18.0. The number of benzene rings is 2. The van der Waals surface area contributed by atoms with Crippen molar-refractivity contribution in [3.63, 3.8) is 0 Å². The summed E-state index contributed by atoms with van der Waals surface area (Å²) < 4.78 is 15.8. The largest absolute Gasteiger partial charge is 0.339 e. The van der Waals surface area contributed by atoms with E-state index in [2.05, 4.69) is 9.88 Å². The van der Waals surface area contributed by atoms with Gasteiger partial charge in [0.15, 0.2) is 5.16 Å². The van der Waals surface area contributed by atoms with Crippen molar-refractivity contribution >= 4 is 40.2 Å². The number of hydrogen-bond acceptors (Lipinski definition) is 5. The fraction of sp³-hybridized carbons (Fsp3) is 0.375. The molecule has 1 aromatic heterocycles. The summed E-state index contributed by atoms with van der Waals surface area (Å²) in [7, 11) is 0. The van der Waals surface area contributed by atoms with Crippen LogP contribution in [0, 0.1) is 5.82 Å². The van der Waals surface area contributed by atoms with E-state index in [0.29, 0.717) is 59.4 Å². The van der Waals surface area contributed by atoms with Crippen molar-refractivity contribution in [2.45, 2.75) is 30.6 Å². The third kappa shape index (κ3) is 4.78. The first-order valence-electron chi connectivity index (χ1n) is 11.1. The Morgan fingerprint density at radius 3 is 2.58 bits per heavy atom. The predicted molar refractivity (Wildman–Crippen MR) is 128 cm³/mol. The molecule has 0 spiro atoms. The summed E-state index contributed by atoms with van der Waals surface area (Å²) in [5.74, 6) is -0.0493. The summed E-state index contributed by atoms with van der Waals surface area (Å²) in [5.41, 5.74) is 1.13. The maximum atomic E-state index is 14.1. The zero-order valence-corrected chi connectivity index (χ0v) is 19.6. The highest BCUT2D eigenvalue weighted by Crippen LogP contribution is 2.36. The number of para-hydroxylation sites is 1. The molecular formula is C24H24ClFN4O2S.